The zero-order valence-corrected chi connectivity index (χ0v) is 12.3. The van der Waals surface area contributed by atoms with Crippen LogP contribution in [0.2, 0.25) is 0 Å². The molecule has 3 nitrogen and oxygen atoms in total. The molecule has 3 rings (SSSR count). The van der Waals surface area contributed by atoms with Crippen molar-refractivity contribution in [3.63, 3.8) is 0 Å². The Kier molecular flexibility index (Phi) is 3.35. The molecule has 0 aromatic rings. The molecule has 2 aliphatic heterocycles. The van der Waals surface area contributed by atoms with Gasteiger partial charge in [-0.05, 0) is 37.4 Å². The molecule has 2 heterocycles. The molecule has 1 aliphatic carbocycles. The standard InChI is InChI=1S/C14H24N2OS/c1-10(2)12-15-14(6-7-14)13(17)16(12)9-11-5-3-4-8-18-11/h10-12,15H,3-9H2,1-2H3. The van der Waals surface area contributed by atoms with Crippen LogP contribution in [0.25, 0.3) is 0 Å². The summed E-state index contributed by atoms with van der Waals surface area (Å²) in [6.07, 6.45) is 6.33. The highest BCUT2D eigenvalue weighted by molar-refractivity contribution is 7.99. The first kappa shape index (κ1) is 12.8. The molecule has 1 N–H and O–H groups in total. The molecule has 102 valence electrons. The van der Waals surface area contributed by atoms with Crippen LogP contribution in [0, 0.1) is 5.92 Å². The summed E-state index contributed by atoms with van der Waals surface area (Å²) < 4.78 is 0. The van der Waals surface area contributed by atoms with Crippen molar-refractivity contribution in [2.24, 2.45) is 5.92 Å². The third-order valence-electron chi connectivity index (χ3n) is 4.49. The van der Waals surface area contributed by atoms with Crippen molar-refractivity contribution in [2.75, 3.05) is 12.3 Å². The van der Waals surface area contributed by atoms with E-state index in [4.69, 9.17) is 0 Å². The van der Waals surface area contributed by atoms with E-state index in [0.717, 1.165) is 19.4 Å². The minimum atomic E-state index is -0.145. The molecule has 1 amide bonds. The Labute approximate surface area is 114 Å². The number of carbonyl (C=O) groups excluding carboxylic acids is 1. The molecule has 0 bridgehead atoms. The van der Waals surface area contributed by atoms with Crippen molar-refractivity contribution >= 4 is 17.7 Å². The minimum absolute atomic E-state index is 0.145. The summed E-state index contributed by atoms with van der Waals surface area (Å²) in [7, 11) is 0. The summed E-state index contributed by atoms with van der Waals surface area (Å²) >= 11 is 2.06. The Balaban J connectivity index is 1.69. The third kappa shape index (κ3) is 2.18. The minimum Gasteiger partial charge on any atom is -0.324 e. The van der Waals surface area contributed by atoms with Gasteiger partial charge in [0, 0.05) is 11.8 Å². The number of carbonyl (C=O) groups is 1. The zero-order valence-electron chi connectivity index (χ0n) is 11.4. The molecule has 2 saturated heterocycles. The second-order valence-electron chi connectivity index (χ2n) is 6.36. The van der Waals surface area contributed by atoms with Crippen LogP contribution in [-0.2, 0) is 4.79 Å². The Bertz CT molecular complexity index is 335. The second kappa shape index (κ2) is 4.71. The van der Waals surface area contributed by atoms with E-state index >= 15 is 0 Å². The SMILES string of the molecule is CC(C)C1NC2(CC2)C(=O)N1CC1CCCCS1. The van der Waals surface area contributed by atoms with E-state index in [9.17, 15) is 4.79 Å². The van der Waals surface area contributed by atoms with Crippen LogP contribution in [0.5, 0.6) is 0 Å². The van der Waals surface area contributed by atoms with Gasteiger partial charge in [0.05, 0.1) is 11.7 Å². The summed E-state index contributed by atoms with van der Waals surface area (Å²) in [4.78, 5) is 14.7. The first-order valence-electron chi connectivity index (χ1n) is 7.33. The monoisotopic (exact) mass is 268 g/mol. The van der Waals surface area contributed by atoms with E-state index in [0.29, 0.717) is 17.1 Å². The van der Waals surface area contributed by atoms with Crippen LogP contribution in [0.15, 0.2) is 0 Å². The van der Waals surface area contributed by atoms with Crippen molar-refractivity contribution < 1.29 is 4.79 Å². The fraction of sp³-hybridized carbons (Fsp3) is 0.929. The topological polar surface area (TPSA) is 32.3 Å². The van der Waals surface area contributed by atoms with Crippen LogP contribution in [0.1, 0.15) is 46.0 Å². The largest absolute Gasteiger partial charge is 0.324 e. The molecule has 3 fully saturated rings. The average molecular weight is 268 g/mol. The highest BCUT2D eigenvalue weighted by Gasteiger charge is 2.59. The van der Waals surface area contributed by atoms with Gasteiger partial charge in [-0.2, -0.15) is 11.8 Å². The van der Waals surface area contributed by atoms with Gasteiger partial charge in [-0.15, -0.1) is 0 Å². The summed E-state index contributed by atoms with van der Waals surface area (Å²) in [5.74, 6) is 2.16. The normalized spacial score (nSPS) is 34.6. The Morgan fingerprint density at radius 1 is 1.44 bits per heavy atom. The van der Waals surface area contributed by atoms with Crippen molar-refractivity contribution in [1.82, 2.24) is 10.2 Å². The first-order chi connectivity index (χ1) is 8.62. The summed E-state index contributed by atoms with van der Waals surface area (Å²) in [5, 5.41) is 4.26. The predicted molar refractivity (Wildman–Crippen MR) is 75.5 cm³/mol. The highest BCUT2D eigenvalue weighted by Crippen LogP contribution is 2.43. The molecule has 0 aromatic carbocycles. The van der Waals surface area contributed by atoms with Gasteiger partial charge in [-0.25, -0.2) is 0 Å². The van der Waals surface area contributed by atoms with Gasteiger partial charge in [-0.1, -0.05) is 20.3 Å². The number of thioether (sulfide) groups is 1. The number of hydrogen-bond donors (Lipinski definition) is 1. The lowest BCUT2D eigenvalue weighted by Crippen LogP contribution is -2.44. The van der Waals surface area contributed by atoms with E-state index in [1.54, 1.807) is 0 Å². The number of hydrogen-bond acceptors (Lipinski definition) is 3. The van der Waals surface area contributed by atoms with Gasteiger partial charge in [0.1, 0.15) is 0 Å². The van der Waals surface area contributed by atoms with Gasteiger partial charge < -0.3 is 4.90 Å². The van der Waals surface area contributed by atoms with E-state index in [2.05, 4.69) is 35.8 Å². The van der Waals surface area contributed by atoms with Crippen molar-refractivity contribution in [3.8, 4) is 0 Å². The maximum absolute atomic E-state index is 12.5. The molecular weight excluding hydrogens is 244 g/mol. The van der Waals surface area contributed by atoms with Gasteiger partial charge in [-0.3, -0.25) is 10.1 Å². The number of nitrogens with one attached hydrogen (secondary N) is 1. The molecule has 2 unspecified atom stereocenters. The lowest BCUT2D eigenvalue weighted by Gasteiger charge is -2.32. The van der Waals surface area contributed by atoms with E-state index in [1.165, 1.54) is 25.0 Å². The smallest absolute Gasteiger partial charge is 0.244 e. The van der Waals surface area contributed by atoms with Gasteiger partial charge in [0.25, 0.3) is 0 Å². The zero-order chi connectivity index (χ0) is 12.8. The van der Waals surface area contributed by atoms with Gasteiger partial charge in [0.2, 0.25) is 5.91 Å². The van der Waals surface area contributed by atoms with Crippen molar-refractivity contribution in [2.45, 2.75) is 62.9 Å². The molecule has 0 radical (unpaired) electrons. The quantitative estimate of drug-likeness (QED) is 0.852. The lowest BCUT2D eigenvalue weighted by atomic mass is 10.1. The molecule has 2 atom stereocenters. The average Bonchev–Trinajstić information content (AvgIpc) is 3.09. The Hall–Kier alpha value is -0.220. The fourth-order valence-corrected chi connectivity index (χ4v) is 4.50. The van der Waals surface area contributed by atoms with Crippen LogP contribution in [0.4, 0.5) is 0 Å². The molecule has 1 spiro atoms. The predicted octanol–water partition coefficient (Wildman–Crippen LogP) is 2.22. The van der Waals surface area contributed by atoms with Crippen LogP contribution < -0.4 is 5.32 Å². The van der Waals surface area contributed by atoms with Crippen LogP contribution >= 0.6 is 11.8 Å². The van der Waals surface area contributed by atoms with Crippen LogP contribution in [-0.4, -0.2) is 40.1 Å². The molecule has 4 heteroatoms. The fourth-order valence-electron chi connectivity index (χ4n) is 3.20. The maximum Gasteiger partial charge on any atom is 0.244 e. The summed E-state index contributed by atoms with van der Waals surface area (Å²) in [5.41, 5.74) is -0.145. The molecule has 18 heavy (non-hydrogen) atoms. The number of nitrogens with zero attached hydrogens (tertiary/aromatic N) is 1. The molecule has 3 aliphatic rings. The Morgan fingerprint density at radius 3 is 2.78 bits per heavy atom. The number of rotatable bonds is 3. The van der Waals surface area contributed by atoms with E-state index in [-0.39, 0.29) is 11.7 Å². The summed E-state index contributed by atoms with van der Waals surface area (Å²) in [6.45, 7) is 5.39. The molecule has 1 saturated carbocycles. The Morgan fingerprint density at radius 2 is 2.22 bits per heavy atom. The molecule has 0 aromatic heterocycles. The van der Waals surface area contributed by atoms with E-state index < -0.39 is 0 Å². The summed E-state index contributed by atoms with van der Waals surface area (Å²) in [6, 6.07) is 0. The highest BCUT2D eigenvalue weighted by atomic mass is 32.2. The lowest BCUT2D eigenvalue weighted by molar-refractivity contribution is -0.131. The maximum atomic E-state index is 12.5. The van der Waals surface area contributed by atoms with E-state index in [1.807, 2.05) is 0 Å². The van der Waals surface area contributed by atoms with Gasteiger partial charge >= 0.3 is 0 Å². The molecular formula is C14H24N2OS. The van der Waals surface area contributed by atoms with Crippen molar-refractivity contribution in [1.29, 1.82) is 0 Å². The van der Waals surface area contributed by atoms with Gasteiger partial charge in [0.15, 0.2) is 0 Å². The van der Waals surface area contributed by atoms with Crippen molar-refractivity contribution in [3.05, 3.63) is 0 Å². The van der Waals surface area contributed by atoms with Crippen LogP contribution in [0.3, 0.4) is 0 Å². The third-order valence-corrected chi connectivity index (χ3v) is 5.87. The number of amides is 1. The first-order valence-corrected chi connectivity index (χ1v) is 8.38. The second-order valence-corrected chi connectivity index (χ2v) is 7.77.